The standard InChI is InChI=1S/C11H14N4S/c1-11(2,3)7-8-14-15-10(16-8)9-12-5-4-6-13-9/h4-6H,7H2,1-3H3. The number of hydrogen-bond donors (Lipinski definition) is 0. The summed E-state index contributed by atoms with van der Waals surface area (Å²) in [5, 5.41) is 10.1. The number of aromatic nitrogens is 4. The molecule has 0 spiro atoms. The van der Waals surface area contributed by atoms with Gasteiger partial charge in [0.1, 0.15) is 5.01 Å². The van der Waals surface area contributed by atoms with Crippen LogP contribution in [0.3, 0.4) is 0 Å². The molecule has 2 aromatic heterocycles. The van der Waals surface area contributed by atoms with Crippen LogP contribution in [-0.2, 0) is 6.42 Å². The smallest absolute Gasteiger partial charge is 0.190 e. The molecule has 0 unspecified atom stereocenters. The van der Waals surface area contributed by atoms with E-state index in [0.717, 1.165) is 16.4 Å². The van der Waals surface area contributed by atoms with Gasteiger partial charge in [-0.1, -0.05) is 32.1 Å². The average molecular weight is 234 g/mol. The second-order valence-corrected chi connectivity index (χ2v) is 5.87. The third-order valence-electron chi connectivity index (χ3n) is 1.91. The normalized spacial score (nSPS) is 11.7. The molecule has 2 rings (SSSR count). The Balaban J connectivity index is 2.21. The van der Waals surface area contributed by atoms with Crippen LogP contribution in [-0.4, -0.2) is 20.2 Å². The molecule has 0 aliphatic carbocycles. The molecule has 4 nitrogen and oxygen atoms in total. The number of hydrogen-bond acceptors (Lipinski definition) is 5. The van der Waals surface area contributed by atoms with Crippen LogP contribution >= 0.6 is 11.3 Å². The molecule has 2 heterocycles. The molecule has 0 radical (unpaired) electrons. The Labute approximate surface area is 98.8 Å². The van der Waals surface area contributed by atoms with Crippen molar-refractivity contribution in [3.05, 3.63) is 23.5 Å². The highest BCUT2D eigenvalue weighted by atomic mass is 32.1. The van der Waals surface area contributed by atoms with E-state index in [4.69, 9.17) is 0 Å². The van der Waals surface area contributed by atoms with Crippen molar-refractivity contribution in [1.82, 2.24) is 20.2 Å². The lowest BCUT2D eigenvalue weighted by Gasteiger charge is -2.14. The molecule has 0 saturated heterocycles. The van der Waals surface area contributed by atoms with Gasteiger partial charge in [-0.05, 0) is 11.5 Å². The molecule has 0 atom stereocenters. The fraction of sp³-hybridized carbons (Fsp3) is 0.455. The minimum atomic E-state index is 0.231. The maximum absolute atomic E-state index is 4.17. The van der Waals surface area contributed by atoms with E-state index in [2.05, 4.69) is 40.9 Å². The molecule has 0 aliphatic heterocycles. The van der Waals surface area contributed by atoms with E-state index in [0.29, 0.717) is 5.82 Å². The quantitative estimate of drug-likeness (QED) is 0.801. The van der Waals surface area contributed by atoms with E-state index >= 15 is 0 Å². The van der Waals surface area contributed by atoms with Gasteiger partial charge in [-0.2, -0.15) is 0 Å². The summed E-state index contributed by atoms with van der Waals surface area (Å²) in [6.07, 6.45) is 4.36. The van der Waals surface area contributed by atoms with Crippen molar-refractivity contribution in [2.45, 2.75) is 27.2 Å². The van der Waals surface area contributed by atoms with Crippen LogP contribution < -0.4 is 0 Å². The highest BCUT2D eigenvalue weighted by Gasteiger charge is 2.16. The Kier molecular flexibility index (Phi) is 2.96. The predicted molar refractivity (Wildman–Crippen MR) is 64.1 cm³/mol. The monoisotopic (exact) mass is 234 g/mol. The molecule has 84 valence electrons. The van der Waals surface area contributed by atoms with E-state index < -0.39 is 0 Å². The molecule has 16 heavy (non-hydrogen) atoms. The molecule has 0 saturated carbocycles. The fourth-order valence-corrected chi connectivity index (χ4v) is 2.37. The largest absolute Gasteiger partial charge is 0.234 e. The van der Waals surface area contributed by atoms with Crippen LogP contribution in [0.1, 0.15) is 25.8 Å². The lowest BCUT2D eigenvalue weighted by atomic mass is 9.93. The van der Waals surface area contributed by atoms with Gasteiger partial charge in [0.2, 0.25) is 0 Å². The van der Waals surface area contributed by atoms with Crippen LogP contribution in [0.5, 0.6) is 0 Å². The van der Waals surface area contributed by atoms with Gasteiger partial charge in [-0.15, -0.1) is 10.2 Å². The van der Waals surface area contributed by atoms with E-state index in [-0.39, 0.29) is 5.41 Å². The second-order valence-electron chi connectivity index (χ2n) is 4.81. The first-order valence-electron chi connectivity index (χ1n) is 5.14. The van der Waals surface area contributed by atoms with Crippen LogP contribution in [0.2, 0.25) is 0 Å². The van der Waals surface area contributed by atoms with Gasteiger partial charge in [0.25, 0.3) is 0 Å². The molecule has 0 aliphatic rings. The SMILES string of the molecule is CC(C)(C)Cc1nnc(-c2ncccn2)s1. The Hall–Kier alpha value is -1.36. The minimum absolute atomic E-state index is 0.231. The van der Waals surface area contributed by atoms with E-state index in [9.17, 15) is 0 Å². The van der Waals surface area contributed by atoms with Gasteiger partial charge in [-0.3, -0.25) is 0 Å². The molecule has 0 N–H and O–H groups in total. The number of nitrogens with zero attached hydrogens (tertiary/aromatic N) is 4. The number of rotatable bonds is 2. The topological polar surface area (TPSA) is 51.6 Å². The minimum Gasteiger partial charge on any atom is -0.234 e. The first-order chi connectivity index (χ1) is 7.54. The van der Waals surface area contributed by atoms with Crippen LogP contribution in [0.4, 0.5) is 0 Å². The summed E-state index contributed by atoms with van der Waals surface area (Å²) in [5.74, 6) is 0.653. The van der Waals surface area contributed by atoms with Gasteiger partial charge >= 0.3 is 0 Å². The third kappa shape index (κ3) is 2.82. The third-order valence-corrected chi connectivity index (χ3v) is 2.82. The molecular weight excluding hydrogens is 220 g/mol. The maximum Gasteiger partial charge on any atom is 0.190 e. The Morgan fingerprint density at radius 1 is 1.12 bits per heavy atom. The summed E-state index contributed by atoms with van der Waals surface area (Å²) >= 11 is 1.57. The van der Waals surface area contributed by atoms with Crippen molar-refractivity contribution < 1.29 is 0 Å². The maximum atomic E-state index is 4.17. The zero-order valence-electron chi connectivity index (χ0n) is 9.64. The van der Waals surface area contributed by atoms with Crippen molar-refractivity contribution in [2.75, 3.05) is 0 Å². The van der Waals surface area contributed by atoms with Crippen molar-refractivity contribution in [3.63, 3.8) is 0 Å². The molecular formula is C11H14N4S. The van der Waals surface area contributed by atoms with Gasteiger partial charge in [0.15, 0.2) is 10.8 Å². The van der Waals surface area contributed by atoms with Crippen molar-refractivity contribution in [2.24, 2.45) is 5.41 Å². The lowest BCUT2D eigenvalue weighted by molar-refractivity contribution is 0.409. The summed E-state index contributed by atoms with van der Waals surface area (Å²) in [5.41, 5.74) is 0.231. The molecule has 0 bridgehead atoms. The molecule has 2 aromatic rings. The predicted octanol–water partition coefficient (Wildman–Crippen LogP) is 2.58. The zero-order chi connectivity index (χ0) is 11.6. The summed E-state index contributed by atoms with van der Waals surface area (Å²) < 4.78 is 0. The Morgan fingerprint density at radius 2 is 1.81 bits per heavy atom. The first-order valence-corrected chi connectivity index (χ1v) is 5.96. The van der Waals surface area contributed by atoms with Crippen LogP contribution in [0, 0.1) is 5.41 Å². The van der Waals surface area contributed by atoms with E-state index in [1.54, 1.807) is 29.8 Å². The van der Waals surface area contributed by atoms with Crippen LogP contribution in [0.15, 0.2) is 18.5 Å². The lowest BCUT2D eigenvalue weighted by Crippen LogP contribution is -2.08. The molecule has 0 fully saturated rings. The van der Waals surface area contributed by atoms with Gasteiger partial charge in [0, 0.05) is 18.8 Å². The van der Waals surface area contributed by atoms with Crippen LogP contribution in [0.25, 0.3) is 10.8 Å². The van der Waals surface area contributed by atoms with Gasteiger partial charge in [0.05, 0.1) is 0 Å². The highest BCUT2D eigenvalue weighted by molar-refractivity contribution is 7.14. The fourth-order valence-electron chi connectivity index (χ4n) is 1.28. The van der Waals surface area contributed by atoms with E-state index in [1.807, 2.05) is 0 Å². The average Bonchev–Trinajstić information content (AvgIpc) is 2.65. The highest BCUT2D eigenvalue weighted by Crippen LogP contribution is 2.25. The second kappa shape index (κ2) is 4.25. The molecule has 5 heteroatoms. The summed E-state index contributed by atoms with van der Waals surface area (Å²) in [6.45, 7) is 6.56. The first kappa shape index (κ1) is 11.1. The summed E-state index contributed by atoms with van der Waals surface area (Å²) in [6, 6.07) is 1.79. The van der Waals surface area contributed by atoms with E-state index in [1.165, 1.54) is 0 Å². The summed E-state index contributed by atoms with van der Waals surface area (Å²) in [4.78, 5) is 8.31. The van der Waals surface area contributed by atoms with Gasteiger partial charge < -0.3 is 0 Å². The zero-order valence-corrected chi connectivity index (χ0v) is 10.5. The Morgan fingerprint density at radius 3 is 2.44 bits per heavy atom. The Bertz CT molecular complexity index is 458. The van der Waals surface area contributed by atoms with Crippen molar-refractivity contribution in [3.8, 4) is 10.8 Å². The van der Waals surface area contributed by atoms with Gasteiger partial charge in [-0.25, -0.2) is 9.97 Å². The van der Waals surface area contributed by atoms with Crippen molar-refractivity contribution >= 4 is 11.3 Å². The summed E-state index contributed by atoms with van der Waals surface area (Å²) in [7, 11) is 0. The molecule has 0 aromatic carbocycles. The molecule has 0 amide bonds. The van der Waals surface area contributed by atoms with Crippen molar-refractivity contribution in [1.29, 1.82) is 0 Å².